The van der Waals surface area contributed by atoms with Gasteiger partial charge in [-0.2, -0.15) is 0 Å². The summed E-state index contributed by atoms with van der Waals surface area (Å²) in [5, 5.41) is 5.72. The number of rotatable bonds is 3. The molecule has 0 atom stereocenters. The number of halogens is 1. The molecule has 1 aromatic rings. The van der Waals surface area contributed by atoms with E-state index < -0.39 is 0 Å². The number of amides is 1. The van der Waals surface area contributed by atoms with Crippen molar-refractivity contribution in [3.05, 3.63) is 23.5 Å². The molecule has 0 aliphatic carbocycles. The van der Waals surface area contributed by atoms with Crippen LogP contribution in [0.1, 0.15) is 26.3 Å². The summed E-state index contributed by atoms with van der Waals surface area (Å²) < 4.78 is 13.2. The van der Waals surface area contributed by atoms with Crippen molar-refractivity contribution >= 4 is 17.3 Å². The number of hydrogen-bond acceptors (Lipinski definition) is 3. The van der Waals surface area contributed by atoms with Crippen LogP contribution in [0.4, 0.5) is 15.8 Å². The molecule has 1 rings (SSSR count). The molecule has 1 aromatic carbocycles. The molecule has 1 amide bonds. The monoisotopic (exact) mass is 253 g/mol. The van der Waals surface area contributed by atoms with Gasteiger partial charge in [0.05, 0.1) is 17.9 Å². The molecule has 4 nitrogen and oxygen atoms in total. The first-order chi connectivity index (χ1) is 8.19. The number of hydrogen-bond donors (Lipinski definition) is 3. The van der Waals surface area contributed by atoms with Crippen LogP contribution in [-0.2, 0) is 4.79 Å². The summed E-state index contributed by atoms with van der Waals surface area (Å²) in [4.78, 5) is 11.6. The Morgan fingerprint density at radius 2 is 2.00 bits per heavy atom. The highest BCUT2D eigenvalue weighted by Crippen LogP contribution is 2.22. The fourth-order valence-electron chi connectivity index (χ4n) is 1.49. The van der Waals surface area contributed by atoms with E-state index in [1.165, 1.54) is 6.07 Å². The third-order valence-corrected chi connectivity index (χ3v) is 2.28. The number of carbonyl (C=O) groups is 1. The van der Waals surface area contributed by atoms with E-state index in [4.69, 9.17) is 5.73 Å². The van der Waals surface area contributed by atoms with Gasteiger partial charge in [0.2, 0.25) is 5.91 Å². The topological polar surface area (TPSA) is 67.2 Å². The Bertz CT molecular complexity index is 452. The molecule has 0 aromatic heterocycles. The molecule has 0 aliphatic heterocycles. The molecule has 0 fully saturated rings. The van der Waals surface area contributed by atoms with Crippen LogP contribution in [0.3, 0.4) is 0 Å². The van der Waals surface area contributed by atoms with E-state index in [1.54, 1.807) is 13.0 Å². The van der Waals surface area contributed by atoms with Gasteiger partial charge >= 0.3 is 0 Å². The van der Waals surface area contributed by atoms with Gasteiger partial charge in [0.25, 0.3) is 0 Å². The Hall–Kier alpha value is -1.78. The van der Waals surface area contributed by atoms with E-state index in [0.29, 0.717) is 16.9 Å². The largest absolute Gasteiger partial charge is 0.397 e. The van der Waals surface area contributed by atoms with Crippen molar-refractivity contribution in [2.24, 2.45) is 0 Å². The molecule has 0 aliphatic rings. The Labute approximate surface area is 107 Å². The van der Waals surface area contributed by atoms with Gasteiger partial charge in [-0.25, -0.2) is 4.39 Å². The van der Waals surface area contributed by atoms with E-state index in [2.05, 4.69) is 10.6 Å². The molecule has 0 spiro atoms. The minimum absolute atomic E-state index is 0.104. The minimum atomic E-state index is -0.350. The third kappa shape index (κ3) is 4.24. The Morgan fingerprint density at radius 1 is 1.39 bits per heavy atom. The fraction of sp³-hybridized carbons (Fsp3) is 0.462. The van der Waals surface area contributed by atoms with Crippen LogP contribution < -0.4 is 16.4 Å². The highest BCUT2D eigenvalue weighted by Gasteiger charge is 2.13. The van der Waals surface area contributed by atoms with Gasteiger partial charge in [0, 0.05) is 5.54 Å². The van der Waals surface area contributed by atoms with Gasteiger partial charge in [-0.3, -0.25) is 4.79 Å². The molecule has 18 heavy (non-hydrogen) atoms. The molecule has 0 saturated carbocycles. The van der Waals surface area contributed by atoms with Gasteiger partial charge in [-0.05, 0) is 45.4 Å². The summed E-state index contributed by atoms with van der Waals surface area (Å²) in [6.07, 6.45) is 0. The first-order valence-corrected chi connectivity index (χ1v) is 5.79. The average molecular weight is 253 g/mol. The zero-order valence-electron chi connectivity index (χ0n) is 11.2. The van der Waals surface area contributed by atoms with Crippen molar-refractivity contribution in [3.8, 4) is 0 Å². The summed E-state index contributed by atoms with van der Waals surface area (Å²) >= 11 is 0. The summed E-state index contributed by atoms with van der Waals surface area (Å²) in [5.41, 5.74) is 6.74. The predicted molar refractivity (Wildman–Crippen MR) is 71.9 cm³/mol. The summed E-state index contributed by atoms with van der Waals surface area (Å²) in [7, 11) is 0. The Kier molecular flexibility index (Phi) is 4.16. The van der Waals surface area contributed by atoms with Crippen LogP contribution >= 0.6 is 0 Å². The maximum Gasteiger partial charge on any atom is 0.239 e. The normalized spacial score (nSPS) is 11.2. The zero-order chi connectivity index (χ0) is 13.9. The van der Waals surface area contributed by atoms with Crippen molar-refractivity contribution in [2.45, 2.75) is 33.2 Å². The second-order valence-electron chi connectivity index (χ2n) is 5.34. The second-order valence-corrected chi connectivity index (χ2v) is 5.34. The molecule has 0 unspecified atom stereocenters. The van der Waals surface area contributed by atoms with Gasteiger partial charge in [0.1, 0.15) is 5.82 Å². The molecule has 0 radical (unpaired) electrons. The maximum absolute atomic E-state index is 13.2. The van der Waals surface area contributed by atoms with Crippen molar-refractivity contribution in [3.63, 3.8) is 0 Å². The lowest BCUT2D eigenvalue weighted by Crippen LogP contribution is -2.43. The van der Waals surface area contributed by atoms with E-state index in [0.717, 1.165) is 0 Å². The third-order valence-electron chi connectivity index (χ3n) is 2.28. The molecule has 0 heterocycles. The van der Waals surface area contributed by atoms with Crippen LogP contribution in [0.5, 0.6) is 0 Å². The molecule has 5 heteroatoms. The second kappa shape index (κ2) is 5.25. The number of nitrogens with one attached hydrogen (secondary N) is 2. The van der Waals surface area contributed by atoms with E-state index in [-0.39, 0.29) is 23.8 Å². The highest BCUT2D eigenvalue weighted by molar-refractivity contribution is 5.82. The number of aryl methyl sites for hydroxylation is 1. The number of nitrogens with two attached hydrogens (primary N) is 1. The Balaban J connectivity index is 2.64. The molecular formula is C13H20FN3O. The summed E-state index contributed by atoms with van der Waals surface area (Å²) in [5.74, 6) is -0.485. The molecule has 100 valence electrons. The lowest BCUT2D eigenvalue weighted by molar-refractivity contribution is -0.120. The number of benzene rings is 1. The minimum Gasteiger partial charge on any atom is -0.397 e. The first-order valence-electron chi connectivity index (χ1n) is 5.79. The van der Waals surface area contributed by atoms with Gasteiger partial charge < -0.3 is 16.4 Å². The first kappa shape index (κ1) is 14.3. The summed E-state index contributed by atoms with van der Waals surface area (Å²) in [6, 6.07) is 2.84. The predicted octanol–water partition coefficient (Wildman–Crippen LogP) is 2.04. The van der Waals surface area contributed by atoms with Crippen LogP contribution in [0.2, 0.25) is 0 Å². The van der Waals surface area contributed by atoms with E-state index in [9.17, 15) is 9.18 Å². The van der Waals surface area contributed by atoms with Crippen molar-refractivity contribution in [1.29, 1.82) is 0 Å². The van der Waals surface area contributed by atoms with Crippen LogP contribution in [0, 0.1) is 12.7 Å². The molecule has 4 N–H and O–H groups in total. The van der Waals surface area contributed by atoms with Crippen molar-refractivity contribution < 1.29 is 9.18 Å². The quantitative estimate of drug-likeness (QED) is 0.722. The molecule has 0 bridgehead atoms. The Morgan fingerprint density at radius 3 is 2.56 bits per heavy atom. The van der Waals surface area contributed by atoms with Gasteiger partial charge in [-0.15, -0.1) is 0 Å². The van der Waals surface area contributed by atoms with Gasteiger partial charge in [-0.1, -0.05) is 0 Å². The van der Waals surface area contributed by atoms with E-state index >= 15 is 0 Å². The number of nitrogen functional groups attached to an aromatic ring is 1. The number of anilines is 2. The number of carbonyl (C=O) groups excluding carboxylic acids is 1. The van der Waals surface area contributed by atoms with Crippen LogP contribution in [-0.4, -0.2) is 18.0 Å². The van der Waals surface area contributed by atoms with Crippen molar-refractivity contribution in [2.75, 3.05) is 17.6 Å². The fourth-order valence-corrected chi connectivity index (χ4v) is 1.49. The van der Waals surface area contributed by atoms with E-state index in [1.807, 2.05) is 20.8 Å². The van der Waals surface area contributed by atoms with Crippen molar-refractivity contribution in [1.82, 2.24) is 5.32 Å². The summed E-state index contributed by atoms with van der Waals surface area (Å²) in [6.45, 7) is 7.46. The maximum atomic E-state index is 13.2. The van der Waals surface area contributed by atoms with Crippen LogP contribution in [0.25, 0.3) is 0 Å². The van der Waals surface area contributed by atoms with Crippen LogP contribution in [0.15, 0.2) is 12.1 Å². The zero-order valence-corrected chi connectivity index (χ0v) is 11.2. The lowest BCUT2D eigenvalue weighted by atomic mass is 10.1. The average Bonchev–Trinajstić information content (AvgIpc) is 2.19. The molecular weight excluding hydrogens is 233 g/mol. The standard InChI is InChI=1S/C13H20FN3O/c1-8-5-11(10(15)6-9(8)14)16-7-12(18)17-13(2,3)4/h5-6,16H,7,15H2,1-4H3,(H,17,18). The lowest BCUT2D eigenvalue weighted by Gasteiger charge is -2.21. The smallest absolute Gasteiger partial charge is 0.239 e. The highest BCUT2D eigenvalue weighted by atomic mass is 19.1. The SMILES string of the molecule is Cc1cc(NCC(=O)NC(C)(C)C)c(N)cc1F. The molecule has 0 saturated heterocycles. The van der Waals surface area contributed by atoms with Gasteiger partial charge in [0.15, 0.2) is 0 Å².